The van der Waals surface area contributed by atoms with Crippen molar-refractivity contribution < 1.29 is 23.8 Å². The molecule has 25 heavy (non-hydrogen) atoms. The zero-order valence-electron chi connectivity index (χ0n) is 13.7. The summed E-state index contributed by atoms with van der Waals surface area (Å²) < 4.78 is 15.5. The highest BCUT2D eigenvalue weighted by molar-refractivity contribution is 5.86. The van der Waals surface area contributed by atoms with Crippen LogP contribution >= 0.6 is 0 Å². The molecule has 0 bridgehead atoms. The van der Waals surface area contributed by atoms with Crippen molar-refractivity contribution in [2.75, 3.05) is 7.11 Å². The lowest BCUT2D eigenvalue weighted by molar-refractivity contribution is -0.131. The molecule has 0 amide bonds. The molecule has 6 nitrogen and oxygen atoms in total. The number of phenols is 1. The Bertz CT molecular complexity index is 985. The molecule has 0 spiro atoms. The van der Waals surface area contributed by atoms with Gasteiger partial charge in [0.2, 0.25) is 0 Å². The summed E-state index contributed by atoms with van der Waals surface area (Å²) in [5.41, 5.74) is 1.14. The fourth-order valence-electron chi connectivity index (χ4n) is 2.56. The normalized spacial score (nSPS) is 10.6. The molecule has 0 aliphatic heterocycles. The van der Waals surface area contributed by atoms with Gasteiger partial charge in [-0.25, -0.2) is 0 Å². The average molecular weight is 340 g/mol. The summed E-state index contributed by atoms with van der Waals surface area (Å²) in [5, 5.41) is 10.2. The Morgan fingerprint density at radius 3 is 2.52 bits per heavy atom. The molecule has 0 unspecified atom stereocenters. The SMILES string of the molecule is COc1ccc(Cc2coc3cc(OC(C)=O)cc(O)c3c2=O)cc1. The van der Waals surface area contributed by atoms with Crippen molar-refractivity contribution in [3.05, 3.63) is 64.0 Å². The van der Waals surface area contributed by atoms with Gasteiger partial charge in [0.1, 0.15) is 28.2 Å². The third kappa shape index (κ3) is 3.47. The number of aromatic hydroxyl groups is 1. The molecule has 0 atom stereocenters. The smallest absolute Gasteiger partial charge is 0.308 e. The number of hydrogen-bond donors (Lipinski definition) is 1. The summed E-state index contributed by atoms with van der Waals surface area (Å²) in [4.78, 5) is 23.7. The molecule has 0 aliphatic rings. The molecule has 0 radical (unpaired) electrons. The maximum Gasteiger partial charge on any atom is 0.308 e. The first-order chi connectivity index (χ1) is 12.0. The van der Waals surface area contributed by atoms with Gasteiger partial charge in [-0.05, 0) is 17.7 Å². The first-order valence-electron chi connectivity index (χ1n) is 7.56. The Balaban J connectivity index is 2.00. The second kappa shape index (κ2) is 6.68. The molecule has 0 saturated carbocycles. The Hall–Kier alpha value is -3.28. The molecule has 6 heteroatoms. The van der Waals surface area contributed by atoms with E-state index in [1.54, 1.807) is 19.2 Å². The number of carbonyl (C=O) groups excluding carboxylic acids is 1. The second-order valence-electron chi connectivity index (χ2n) is 5.52. The van der Waals surface area contributed by atoms with Crippen molar-refractivity contribution in [3.63, 3.8) is 0 Å². The first-order valence-corrected chi connectivity index (χ1v) is 7.56. The maximum atomic E-state index is 12.7. The average Bonchev–Trinajstić information content (AvgIpc) is 2.57. The van der Waals surface area contributed by atoms with Gasteiger partial charge in [-0.3, -0.25) is 9.59 Å². The van der Waals surface area contributed by atoms with Crippen LogP contribution in [0.1, 0.15) is 18.1 Å². The van der Waals surface area contributed by atoms with Crippen LogP contribution in [0.4, 0.5) is 0 Å². The van der Waals surface area contributed by atoms with Gasteiger partial charge in [-0.2, -0.15) is 0 Å². The van der Waals surface area contributed by atoms with E-state index in [0.717, 1.165) is 11.3 Å². The highest BCUT2D eigenvalue weighted by Crippen LogP contribution is 2.29. The van der Waals surface area contributed by atoms with Gasteiger partial charge >= 0.3 is 5.97 Å². The van der Waals surface area contributed by atoms with E-state index in [1.165, 1.54) is 25.3 Å². The van der Waals surface area contributed by atoms with Crippen LogP contribution in [0.3, 0.4) is 0 Å². The van der Waals surface area contributed by atoms with Crippen LogP contribution in [0.2, 0.25) is 0 Å². The minimum absolute atomic E-state index is 0.0573. The Kier molecular flexibility index (Phi) is 4.43. The lowest BCUT2D eigenvalue weighted by Gasteiger charge is -2.07. The predicted molar refractivity (Wildman–Crippen MR) is 91.3 cm³/mol. The summed E-state index contributed by atoms with van der Waals surface area (Å²) in [7, 11) is 1.58. The minimum atomic E-state index is -0.530. The van der Waals surface area contributed by atoms with E-state index in [4.69, 9.17) is 13.9 Å². The van der Waals surface area contributed by atoms with Gasteiger partial charge in [0.25, 0.3) is 0 Å². The third-order valence-electron chi connectivity index (χ3n) is 3.72. The van der Waals surface area contributed by atoms with Crippen LogP contribution in [0, 0.1) is 0 Å². The van der Waals surface area contributed by atoms with Gasteiger partial charge in [-0.1, -0.05) is 12.1 Å². The number of phenolic OH excluding ortho intramolecular Hbond substituents is 1. The topological polar surface area (TPSA) is 86.0 Å². The summed E-state index contributed by atoms with van der Waals surface area (Å²) in [6.45, 7) is 1.25. The number of rotatable bonds is 4. The van der Waals surface area contributed by atoms with Crippen LogP contribution in [0.5, 0.6) is 17.2 Å². The summed E-state index contributed by atoms with van der Waals surface area (Å²) in [5.74, 6) is 0.0183. The number of ether oxygens (including phenoxy) is 2. The number of methoxy groups -OCH3 is 1. The summed E-state index contributed by atoms with van der Waals surface area (Å²) >= 11 is 0. The van der Waals surface area contributed by atoms with Gasteiger partial charge in [0.15, 0.2) is 5.43 Å². The van der Waals surface area contributed by atoms with E-state index >= 15 is 0 Å². The van der Waals surface area contributed by atoms with Crippen LogP contribution < -0.4 is 14.9 Å². The monoisotopic (exact) mass is 340 g/mol. The van der Waals surface area contributed by atoms with Crippen molar-refractivity contribution in [2.45, 2.75) is 13.3 Å². The molecule has 0 aliphatic carbocycles. The molecule has 3 rings (SSSR count). The summed E-state index contributed by atoms with van der Waals surface area (Å²) in [6, 6.07) is 9.94. The highest BCUT2D eigenvalue weighted by Gasteiger charge is 2.14. The molecule has 2 aromatic carbocycles. The largest absolute Gasteiger partial charge is 0.507 e. The Morgan fingerprint density at radius 2 is 1.88 bits per heavy atom. The van der Waals surface area contributed by atoms with E-state index in [-0.39, 0.29) is 27.9 Å². The number of benzene rings is 2. The lowest BCUT2D eigenvalue weighted by atomic mass is 10.0. The standard InChI is InChI=1S/C19H16O6/c1-11(20)25-15-8-16(21)18-17(9-15)24-10-13(19(18)22)7-12-3-5-14(23-2)6-4-12/h3-6,8-10,21H,7H2,1-2H3. The molecule has 3 aromatic rings. The zero-order valence-corrected chi connectivity index (χ0v) is 13.7. The van der Waals surface area contributed by atoms with Crippen LogP contribution in [0.25, 0.3) is 11.0 Å². The highest BCUT2D eigenvalue weighted by atomic mass is 16.5. The fraction of sp³-hybridized carbons (Fsp3) is 0.158. The molecule has 1 aromatic heterocycles. The lowest BCUT2D eigenvalue weighted by Crippen LogP contribution is -2.10. The quantitative estimate of drug-likeness (QED) is 0.580. The van der Waals surface area contributed by atoms with Crippen molar-refractivity contribution >= 4 is 16.9 Å². The van der Waals surface area contributed by atoms with Crippen LogP contribution in [-0.2, 0) is 11.2 Å². The number of carbonyl (C=O) groups is 1. The number of hydrogen-bond acceptors (Lipinski definition) is 6. The van der Waals surface area contributed by atoms with Gasteiger partial charge in [-0.15, -0.1) is 0 Å². The van der Waals surface area contributed by atoms with Gasteiger partial charge in [0, 0.05) is 31.0 Å². The predicted octanol–water partition coefficient (Wildman–Crippen LogP) is 3.02. The molecule has 0 fully saturated rings. The molecular formula is C19H16O6. The number of esters is 1. The van der Waals surface area contributed by atoms with Gasteiger partial charge < -0.3 is 19.0 Å². The van der Waals surface area contributed by atoms with Gasteiger partial charge in [0.05, 0.1) is 13.4 Å². The van der Waals surface area contributed by atoms with E-state index < -0.39 is 5.97 Å². The van der Waals surface area contributed by atoms with E-state index in [1.807, 2.05) is 12.1 Å². The van der Waals surface area contributed by atoms with Crippen molar-refractivity contribution in [1.29, 1.82) is 0 Å². The number of fused-ring (bicyclic) bond motifs is 1. The van der Waals surface area contributed by atoms with E-state index in [9.17, 15) is 14.7 Å². The zero-order chi connectivity index (χ0) is 18.0. The first kappa shape index (κ1) is 16.6. The van der Waals surface area contributed by atoms with Crippen molar-refractivity contribution in [1.82, 2.24) is 0 Å². The summed E-state index contributed by atoms with van der Waals surface area (Å²) in [6.07, 6.45) is 1.71. The van der Waals surface area contributed by atoms with Crippen molar-refractivity contribution in [2.24, 2.45) is 0 Å². The molecule has 128 valence electrons. The fourth-order valence-corrected chi connectivity index (χ4v) is 2.56. The Labute approximate surface area is 143 Å². The van der Waals surface area contributed by atoms with E-state index in [0.29, 0.717) is 12.0 Å². The van der Waals surface area contributed by atoms with Crippen molar-refractivity contribution in [3.8, 4) is 17.2 Å². The molecule has 0 saturated heterocycles. The molecule has 1 heterocycles. The Morgan fingerprint density at radius 1 is 1.16 bits per heavy atom. The maximum absolute atomic E-state index is 12.7. The van der Waals surface area contributed by atoms with E-state index in [2.05, 4.69) is 0 Å². The molecule has 1 N–H and O–H groups in total. The second-order valence-corrected chi connectivity index (χ2v) is 5.52. The van der Waals surface area contributed by atoms with Crippen LogP contribution in [-0.4, -0.2) is 18.2 Å². The van der Waals surface area contributed by atoms with Crippen LogP contribution in [0.15, 0.2) is 51.9 Å². The minimum Gasteiger partial charge on any atom is -0.507 e. The molecular weight excluding hydrogens is 324 g/mol. The third-order valence-corrected chi connectivity index (χ3v) is 3.72.